The van der Waals surface area contributed by atoms with Crippen molar-refractivity contribution in [3.05, 3.63) is 0 Å². The van der Waals surface area contributed by atoms with Gasteiger partial charge in [0.1, 0.15) is 0 Å². The van der Waals surface area contributed by atoms with E-state index in [1.54, 1.807) is 0 Å². The second-order valence-electron chi connectivity index (χ2n) is 5.32. The Kier molecular flexibility index (Phi) is 14.2. The molecule has 0 radical (unpaired) electrons. The molecule has 0 aliphatic rings. The highest BCUT2D eigenvalue weighted by Crippen LogP contribution is 2.12. The molecule has 2 heteroatoms. The first-order valence-electron chi connectivity index (χ1n) is 8.10. The van der Waals surface area contributed by atoms with Crippen LogP contribution in [0.4, 0.5) is 0 Å². The zero-order valence-electron chi connectivity index (χ0n) is 12.9. The first kappa shape index (κ1) is 18.4. The van der Waals surface area contributed by atoms with Gasteiger partial charge in [0, 0.05) is 17.9 Å². The lowest BCUT2D eigenvalue weighted by molar-refractivity contribution is 0.193. The minimum absolute atomic E-state index is 0.794. The summed E-state index contributed by atoms with van der Waals surface area (Å²) in [6.45, 7) is 9.43. The maximum Gasteiger partial charge on any atom is 0.0159 e. The predicted octanol–water partition coefficient (Wildman–Crippen LogP) is 5.62. The summed E-state index contributed by atoms with van der Waals surface area (Å²) in [7, 11) is 0. The molecule has 0 saturated heterocycles. The highest BCUT2D eigenvalue weighted by molar-refractivity contribution is 9.09. The number of nitrogens with zero attached hydrogens (tertiary/aromatic N) is 1. The van der Waals surface area contributed by atoms with Crippen LogP contribution in [0.1, 0.15) is 78.6 Å². The minimum Gasteiger partial charge on any atom is -0.300 e. The van der Waals surface area contributed by atoms with Crippen molar-refractivity contribution in [3.63, 3.8) is 0 Å². The second-order valence-corrected chi connectivity index (χ2v) is 6.11. The van der Waals surface area contributed by atoms with Crippen LogP contribution < -0.4 is 0 Å². The van der Waals surface area contributed by atoms with Gasteiger partial charge in [-0.2, -0.15) is 0 Å². The molecule has 0 bridgehead atoms. The molecule has 0 aliphatic heterocycles. The molecule has 0 spiro atoms. The van der Waals surface area contributed by atoms with E-state index < -0.39 is 0 Å². The van der Waals surface area contributed by atoms with Crippen molar-refractivity contribution >= 4 is 15.9 Å². The topological polar surface area (TPSA) is 3.24 Å². The fourth-order valence-electron chi connectivity index (χ4n) is 2.66. The summed E-state index contributed by atoms with van der Waals surface area (Å²) in [5.41, 5.74) is 0. The predicted molar refractivity (Wildman–Crippen MR) is 87.7 cm³/mol. The molecule has 0 heterocycles. The van der Waals surface area contributed by atoms with Gasteiger partial charge in [-0.3, -0.25) is 4.90 Å². The molecular formula is C16H34BrN. The molecule has 0 aromatic carbocycles. The zero-order valence-corrected chi connectivity index (χ0v) is 14.5. The van der Waals surface area contributed by atoms with Crippen molar-refractivity contribution < 1.29 is 0 Å². The smallest absolute Gasteiger partial charge is 0.0159 e. The van der Waals surface area contributed by atoms with E-state index >= 15 is 0 Å². The largest absolute Gasteiger partial charge is 0.300 e. The molecule has 0 aromatic rings. The lowest BCUT2D eigenvalue weighted by atomic mass is 10.1. The van der Waals surface area contributed by atoms with E-state index in [1.165, 1.54) is 70.9 Å². The van der Waals surface area contributed by atoms with Crippen LogP contribution >= 0.6 is 15.9 Å². The molecule has 0 aromatic heterocycles. The van der Waals surface area contributed by atoms with Gasteiger partial charge in [0.15, 0.2) is 0 Å². The van der Waals surface area contributed by atoms with Crippen molar-refractivity contribution in [2.75, 3.05) is 18.4 Å². The van der Waals surface area contributed by atoms with Gasteiger partial charge in [-0.05, 0) is 25.8 Å². The molecule has 0 atom stereocenters. The van der Waals surface area contributed by atoms with Crippen molar-refractivity contribution in [3.8, 4) is 0 Å². The van der Waals surface area contributed by atoms with E-state index in [9.17, 15) is 0 Å². The van der Waals surface area contributed by atoms with Crippen LogP contribution in [0, 0.1) is 0 Å². The van der Waals surface area contributed by atoms with E-state index in [-0.39, 0.29) is 0 Å². The Bertz CT molecular complexity index is 157. The molecular weight excluding hydrogens is 286 g/mol. The van der Waals surface area contributed by atoms with Gasteiger partial charge in [-0.25, -0.2) is 0 Å². The summed E-state index contributed by atoms with van der Waals surface area (Å²) in [6.07, 6.45) is 12.5. The number of rotatable bonds is 13. The van der Waals surface area contributed by atoms with Crippen LogP contribution in [0.2, 0.25) is 0 Å². The fraction of sp³-hybridized carbons (Fsp3) is 1.00. The van der Waals surface area contributed by atoms with Gasteiger partial charge in [0.25, 0.3) is 0 Å². The molecule has 0 N–H and O–H groups in total. The molecule has 110 valence electrons. The van der Waals surface area contributed by atoms with Crippen LogP contribution in [0.25, 0.3) is 0 Å². The molecule has 0 amide bonds. The summed E-state index contributed by atoms with van der Waals surface area (Å²) in [5, 5.41) is 1.11. The lowest BCUT2D eigenvalue weighted by Gasteiger charge is -2.29. The number of unbranched alkanes of at least 4 members (excludes halogenated alkanes) is 6. The molecule has 1 nitrogen and oxygen atoms in total. The molecule has 0 unspecified atom stereocenters. The summed E-state index contributed by atoms with van der Waals surface area (Å²) in [5.74, 6) is 0. The van der Waals surface area contributed by atoms with Gasteiger partial charge in [0.2, 0.25) is 0 Å². The molecule has 0 aliphatic carbocycles. The normalized spacial score (nSPS) is 11.7. The van der Waals surface area contributed by atoms with Crippen LogP contribution in [0.15, 0.2) is 0 Å². The highest BCUT2D eigenvalue weighted by atomic mass is 79.9. The Morgan fingerprint density at radius 1 is 0.778 bits per heavy atom. The number of hydrogen-bond acceptors (Lipinski definition) is 1. The van der Waals surface area contributed by atoms with Crippen LogP contribution in [0.5, 0.6) is 0 Å². The minimum atomic E-state index is 0.794. The zero-order chi connectivity index (χ0) is 13.6. The summed E-state index contributed by atoms with van der Waals surface area (Å²) < 4.78 is 0. The van der Waals surface area contributed by atoms with Crippen LogP contribution in [-0.4, -0.2) is 29.4 Å². The van der Waals surface area contributed by atoms with Crippen LogP contribution in [-0.2, 0) is 0 Å². The van der Waals surface area contributed by atoms with Crippen molar-refractivity contribution in [2.24, 2.45) is 0 Å². The van der Waals surface area contributed by atoms with Gasteiger partial charge in [0.05, 0.1) is 0 Å². The van der Waals surface area contributed by atoms with Gasteiger partial charge >= 0.3 is 0 Å². The number of alkyl halides is 1. The number of hydrogen-bond donors (Lipinski definition) is 0. The average Bonchev–Trinajstić information content (AvgIpc) is 2.39. The maximum absolute atomic E-state index is 3.59. The third-order valence-corrected chi connectivity index (χ3v) is 4.23. The highest BCUT2D eigenvalue weighted by Gasteiger charge is 2.13. The van der Waals surface area contributed by atoms with E-state index in [0.717, 1.165) is 11.4 Å². The summed E-state index contributed by atoms with van der Waals surface area (Å²) in [4.78, 5) is 2.68. The SMILES string of the molecule is CCCCCCCCCN(CCBr)C(CC)CC. The molecule has 0 fully saturated rings. The Hall–Kier alpha value is 0.440. The first-order chi connectivity index (χ1) is 8.79. The second kappa shape index (κ2) is 13.9. The van der Waals surface area contributed by atoms with Gasteiger partial charge < -0.3 is 0 Å². The van der Waals surface area contributed by atoms with Gasteiger partial charge in [-0.15, -0.1) is 0 Å². The first-order valence-corrected chi connectivity index (χ1v) is 9.22. The fourth-order valence-corrected chi connectivity index (χ4v) is 3.12. The Morgan fingerprint density at radius 2 is 1.33 bits per heavy atom. The molecule has 0 rings (SSSR count). The van der Waals surface area contributed by atoms with E-state index in [0.29, 0.717) is 0 Å². The molecule has 0 saturated carbocycles. The lowest BCUT2D eigenvalue weighted by Crippen LogP contribution is -2.36. The Balaban J connectivity index is 3.63. The van der Waals surface area contributed by atoms with E-state index in [2.05, 4.69) is 41.6 Å². The average molecular weight is 320 g/mol. The Morgan fingerprint density at radius 3 is 1.83 bits per heavy atom. The monoisotopic (exact) mass is 319 g/mol. The van der Waals surface area contributed by atoms with Crippen molar-refractivity contribution in [1.29, 1.82) is 0 Å². The van der Waals surface area contributed by atoms with E-state index in [1.807, 2.05) is 0 Å². The summed E-state index contributed by atoms with van der Waals surface area (Å²) >= 11 is 3.59. The van der Waals surface area contributed by atoms with Crippen molar-refractivity contribution in [2.45, 2.75) is 84.6 Å². The Labute approximate surface area is 124 Å². The number of halogens is 1. The van der Waals surface area contributed by atoms with E-state index in [4.69, 9.17) is 0 Å². The van der Waals surface area contributed by atoms with Crippen LogP contribution in [0.3, 0.4) is 0 Å². The summed E-state index contributed by atoms with van der Waals surface area (Å²) in [6, 6.07) is 0.794. The van der Waals surface area contributed by atoms with Gasteiger partial charge in [-0.1, -0.05) is 75.2 Å². The maximum atomic E-state index is 3.59. The molecule has 18 heavy (non-hydrogen) atoms. The van der Waals surface area contributed by atoms with Crippen molar-refractivity contribution in [1.82, 2.24) is 4.90 Å². The third kappa shape index (κ3) is 9.38. The standard InChI is InChI=1S/C16H34BrN/c1-4-7-8-9-10-11-12-14-18(15-13-17)16(5-2)6-3/h16H,4-15H2,1-3H3. The quantitative estimate of drug-likeness (QED) is 0.314. The third-order valence-electron chi connectivity index (χ3n) is 3.88.